The van der Waals surface area contributed by atoms with Crippen LogP contribution in [-0.2, 0) is 9.59 Å². The highest BCUT2D eigenvalue weighted by molar-refractivity contribution is 6.20. The number of carbonyl (C=O) groups is 2. The number of hydrogen-bond acceptors (Lipinski definition) is 8. The number of halogens is 4. The number of alkyl halides is 4. The highest BCUT2D eigenvalue weighted by Crippen LogP contribution is 2.42. The maximum Gasteiger partial charge on any atom is 0.393 e. The Kier molecular flexibility index (Phi) is 12.4. The van der Waals surface area contributed by atoms with Crippen molar-refractivity contribution in [3.05, 3.63) is 0 Å². The number of nitrogens with two attached hydrogens (primary N) is 1. The van der Waals surface area contributed by atoms with Gasteiger partial charge in [-0.1, -0.05) is 12.8 Å². The summed E-state index contributed by atoms with van der Waals surface area (Å²) in [4.78, 5) is 29.7. The smallest absolute Gasteiger partial charge is 0.352 e. The highest BCUT2D eigenvalue weighted by Gasteiger charge is 2.47. The summed E-state index contributed by atoms with van der Waals surface area (Å²) in [6, 6.07) is 0.186. The Morgan fingerprint density at radius 3 is 2.51 bits per heavy atom. The van der Waals surface area contributed by atoms with Gasteiger partial charge in [-0.25, -0.2) is 15.9 Å². The molecule has 9 unspecified atom stereocenters. The SMILES string of the molecule is NCC1CN(CC2CCCC(C(=O)NC3CCC(N4CCCCC4)CC3C(=O)N/N=C/C3CCC(Cl)C(C(F)(F)F)C3)C2)NN1. The third kappa shape index (κ3) is 9.53. The predicted octanol–water partition coefficient (Wildman–Crippen LogP) is 3.27. The van der Waals surface area contributed by atoms with E-state index in [0.717, 1.165) is 71.1 Å². The first-order chi connectivity index (χ1) is 21.6. The van der Waals surface area contributed by atoms with E-state index < -0.39 is 29.3 Å². The van der Waals surface area contributed by atoms with Crippen molar-refractivity contribution in [1.29, 1.82) is 0 Å². The van der Waals surface area contributed by atoms with Crippen LogP contribution in [0.5, 0.6) is 0 Å². The molecule has 10 nitrogen and oxygen atoms in total. The largest absolute Gasteiger partial charge is 0.393 e. The van der Waals surface area contributed by atoms with Crippen LogP contribution in [0.4, 0.5) is 13.2 Å². The van der Waals surface area contributed by atoms with Crippen molar-refractivity contribution in [2.45, 2.75) is 113 Å². The van der Waals surface area contributed by atoms with E-state index in [4.69, 9.17) is 17.3 Å². The van der Waals surface area contributed by atoms with Gasteiger partial charge in [-0.15, -0.1) is 11.6 Å². The zero-order valence-corrected chi connectivity index (χ0v) is 27.0. The molecule has 2 saturated heterocycles. The molecule has 0 aromatic heterocycles. The van der Waals surface area contributed by atoms with E-state index in [9.17, 15) is 22.8 Å². The van der Waals surface area contributed by atoms with Gasteiger partial charge in [-0.2, -0.15) is 23.8 Å². The minimum absolute atomic E-state index is 0.0193. The molecule has 0 spiro atoms. The first kappa shape index (κ1) is 34.8. The molecule has 2 aliphatic heterocycles. The summed E-state index contributed by atoms with van der Waals surface area (Å²) in [5, 5.41) is 8.63. The molecule has 0 aromatic carbocycles. The number of carbonyl (C=O) groups excluding carboxylic acids is 2. The number of hydrazine groups is 2. The summed E-state index contributed by atoms with van der Waals surface area (Å²) >= 11 is 5.98. The molecule has 3 saturated carbocycles. The molecule has 5 rings (SSSR count). The van der Waals surface area contributed by atoms with Gasteiger partial charge in [0.1, 0.15) is 0 Å². The second-order valence-corrected chi connectivity index (χ2v) is 14.7. The number of rotatable bonds is 9. The zero-order chi connectivity index (χ0) is 32.0. The van der Waals surface area contributed by atoms with Crippen molar-refractivity contribution in [3.63, 3.8) is 0 Å². The zero-order valence-electron chi connectivity index (χ0n) is 26.2. The Bertz CT molecular complexity index is 1020. The lowest BCUT2D eigenvalue weighted by Crippen LogP contribution is -2.54. The lowest BCUT2D eigenvalue weighted by Gasteiger charge is -2.42. The van der Waals surface area contributed by atoms with Crippen molar-refractivity contribution < 1.29 is 22.8 Å². The van der Waals surface area contributed by atoms with E-state index in [1.54, 1.807) is 0 Å². The topological polar surface area (TPSA) is 127 Å². The van der Waals surface area contributed by atoms with Crippen LogP contribution in [0.3, 0.4) is 0 Å². The molecule has 5 fully saturated rings. The number of likely N-dealkylation sites (tertiary alicyclic amines) is 1. The maximum absolute atomic E-state index is 13.6. The average Bonchev–Trinajstić information content (AvgIpc) is 3.49. The van der Waals surface area contributed by atoms with E-state index in [0.29, 0.717) is 31.7 Å². The lowest BCUT2D eigenvalue weighted by atomic mass is 9.78. The summed E-state index contributed by atoms with van der Waals surface area (Å²) in [7, 11) is 0. The normalized spacial score (nSPS) is 37.5. The van der Waals surface area contributed by atoms with E-state index >= 15 is 0 Å². The van der Waals surface area contributed by atoms with Crippen molar-refractivity contribution >= 4 is 29.6 Å². The summed E-state index contributed by atoms with van der Waals surface area (Å²) in [5.74, 6) is -2.39. The number of nitrogens with zero attached hydrogens (tertiary/aromatic N) is 3. The van der Waals surface area contributed by atoms with Crippen LogP contribution in [0.15, 0.2) is 5.10 Å². The summed E-state index contributed by atoms with van der Waals surface area (Å²) < 4.78 is 40.3. The van der Waals surface area contributed by atoms with Crippen molar-refractivity contribution in [2.75, 3.05) is 32.7 Å². The standard InChI is InChI=1S/C31H52ClF3N8O2/c32-27-9-7-20(14-26(27)31(33,34)35)17-37-40-30(45)25-15-24(42-11-2-1-3-12-42)8-10-28(25)38-29(44)22-6-4-5-21(13-22)18-43-19-23(16-36)39-41-43/h17,20-28,39,41H,1-16,18-19,36H2,(H,38,44)(H,40,45)/b37-17+. The lowest BCUT2D eigenvalue weighted by molar-refractivity contribution is -0.182. The molecular weight excluding hydrogens is 609 g/mol. The van der Waals surface area contributed by atoms with E-state index in [1.807, 2.05) is 0 Å². The summed E-state index contributed by atoms with van der Waals surface area (Å²) in [5.41, 5.74) is 14.8. The molecule has 0 aromatic rings. The Hall–Kier alpha value is -1.51. The summed E-state index contributed by atoms with van der Waals surface area (Å²) in [6.45, 7) is 4.30. The van der Waals surface area contributed by atoms with Crippen molar-refractivity contribution in [1.82, 2.24) is 31.6 Å². The van der Waals surface area contributed by atoms with Crippen molar-refractivity contribution in [3.8, 4) is 0 Å². The van der Waals surface area contributed by atoms with Crippen LogP contribution in [0.25, 0.3) is 0 Å². The number of amides is 2. The molecule has 45 heavy (non-hydrogen) atoms. The monoisotopic (exact) mass is 660 g/mol. The third-order valence-electron chi connectivity index (χ3n) is 10.9. The van der Waals surface area contributed by atoms with Gasteiger partial charge in [0.2, 0.25) is 11.8 Å². The molecule has 3 aliphatic carbocycles. The molecule has 9 atom stereocenters. The Morgan fingerprint density at radius 2 is 1.78 bits per heavy atom. The predicted molar refractivity (Wildman–Crippen MR) is 168 cm³/mol. The Balaban J connectivity index is 1.18. The number of hydrazone groups is 1. The molecule has 6 N–H and O–H groups in total. The average molecular weight is 661 g/mol. The quantitative estimate of drug-likeness (QED) is 0.146. The minimum Gasteiger partial charge on any atom is -0.352 e. The molecule has 5 aliphatic rings. The van der Waals surface area contributed by atoms with Gasteiger partial charge in [-0.3, -0.25) is 9.59 Å². The number of nitrogens with one attached hydrogen (secondary N) is 4. The molecule has 256 valence electrons. The Morgan fingerprint density at radius 1 is 0.978 bits per heavy atom. The first-order valence-corrected chi connectivity index (χ1v) is 17.6. The number of hydrogen-bond donors (Lipinski definition) is 5. The molecule has 2 heterocycles. The van der Waals surface area contributed by atoms with Gasteiger partial charge in [0.15, 0.2) is 0 Å². The molecule has 2 amide bonds. The van der Waals surface area contributed by atoms with Crippen LogP contribution in [0.1, 0.15) is 83.5 Å². The molecule has 0 bridgehead atoms. The fourth-order valence-electron chi connectivity index (χ4n) is 8.26. The van der Waals surface area contributed by atoms with Crippen LogP contribution < -0.4 is 27.4 Å². The van der Waals surface area contributed by atoms with Gasteiger partial charge in [-0.05, 0) is 95.6 Å². The third-order valence-corrected chi connectivity index (χ3v) is 11.4. The molecular formula is C31H52ClF3N8O2. The van der Waals surface area contributed by atoms with Crippen LogP contribution in [0, 0.1) is 29.6 Å². The van der Waals surface area contributed by atoms with E-state index in [-0.39, 0.29) is 48.7 Å². The molecule has 14 heteroatoms. The second kappa shape index (κ2) is 16.1. The van der Waals surface area contributed by atoms with Gasteiger partial charge < -0.3 is 16.0 Å². The minimum atomic E-state index is -4.35. The van der Waals surface area contributed by atoms with Crippen molar-refractivity contribution in [2.24, 2.45) is 40.4 Å². The second-order valence-electron chi connectivity index (χ2n) is 14.1. The van der Waals surface area contributed by atoms with Gasteiger partial charge >= 0.3 is 6.18 Å². The maximum atomic E-state index is 13.6. The van der Waals surface area contributed by atoms with E-state index in [2.05, 4.69) is 36.7 Å². The molecule has 0 radical (unpaired) electrons. The fraction of sp³-hybridized carbons (Fsp3) is 0.903. The van der Waals surface area contributed by atoms with Gasteiger partial charge in [0, 0.05) is 55.3 Å². The highest BCUT2D eigenvalue weighted by atomic mass is 35.5. The fourth-order valence-corrected chi connectivity index (χ4v) is 8.63. The Labute approximate surface area is 270 Å². The number of piperidine rings is 1. The first-order valence-electron chi connectivity index (χ1n) is 17.1. The van der Waals surface area contributed by atoms with Crippen LogP contribution >= 0.6 is 11.6 Å². The van der Waals surface area contributed by atoms with Gasteiger partial charge in [0.05, 0.1) is 11.8 Å². The van der Waals surface area contributed by atoms with Gasteiger partial charge in [0.25, 0.3) is 0 Å². The van der Waals surface area contributed by atoms with Crippen LogP contribution in [-0.4, -0.2) is 90.3 Å². The van der Waals surface area contributed by atoms with E-state index in [1.165, 1.54) is 12.6 Å². The summed E-state index contributed by atoms with van der Waals surface area (Å²) in [6.07, 6.45) is 7.23. The van der Waals surface area contributed by atoms with Crippen LogP contribution in [0.2, 0.25) is 0 Å².